The highest BCUT2D eigenvalue weighted by atomic mass is 16.5. The Morgan fingerprint density at radius 1 is 1.12 bits per heavy atom. The molecule has 0 aliphatic carbocycles. The molecule has 1 aliphatic rings. The van der Waals surface area contributed by atoms with Crippen molar-refractivity contribution < 1.29 is 14.3 Å². The van der Waals surface area contributed by atoms with Crippen molar-refractivity contribution in [3.8, 4) is 11.5 Å². The third-order valence-corrected chi connectivity index (χ3v) is 4.74. The molecule has 1 saturated heterocycles. The zero-order valence-electron chi connectivity index (χ0n) is 14.9. The van der Waals surface area contributed by atoms with Crippen LogP contribution in [0.1, 0.15) is 35.7 Å². The van der Waals surface area contributed by atoms with Crippen LogP contribution in [0.4, 0.5) is 0 Å². The minimum Gasteiger partial charge on any atom is -0.496 e. The highest BCUT2D eigenvalue weighted by molar-refractivity contribution is 5.94. The molecule has 0 radical (unpaired) electrons. The van der Waals surface area contributed by atoms with E-state index in [0.29, 0.717) is 18.1 Å². The fourth-order valence-electron chi connectivity index (χ4n) is 3.10. The quantitative estimate of drug-likeness (QED) is 0.821. The first-order chi connectivity index (χ1) is 12.2. The topological polar surface area (TPSA) is 38.8 Å². The standard InChI is InChI=1S/C21H25NO3/c1-16-10-12-22(13-11-16)21(23)17-8-9-20(24-2)18(14-17)15-25-19-6-4-3-5-7-19/h3-9,14,16H,10-13,15H2,1-2H3. The van der Waals surface area contributed by atoms with Gasteiger partial charge in [-0.1, -0.05) is 25.1 Å². The van der Waals surface area contributed by atoms with Crippen molar-refractivity contribution in [3.05, 3.63) is 59.7 Å². The highest BCUT2D eigenvalue weighted by Crippen LogP contribution is 2.24. The molecule has 1 amide bonds. The second-order valence-corrected chi connectivity index (χ2v) is 6.60. The molecule has 0 N–H and O–H groups in total. The largest absolute Gasteiger partial charge is 0.496 e. The lowest BCUT2D eigenvalue weighted by Crippen LogP contribution is -2.37. The molecule has 0 aromatic heterocycles. The van der Waals surface area contributed by atoms with Crippen molar-refractivity contribution in [3.63, 3.8) is 0 Å². The zero-order chi connectivity index (χ0) is 17.6. The second-order valence-electron chi connectivity index (χ2n) is 6.60. The lowest BCUT2D eigenvalue weighted by atomic mass is 9.98. The average Bonchev–Trinajstić information content (AvgIpc) is 2.67. The molecule has 2 aromatic carbocycles. The van der Waals surface area contributed by atoms with E-state index in [1.54, 1.807) is 7.11 Å². The summed E-state index contributed by atoms with van der Waals surface area (Å²) >= 11 is 0. The number of likely N-dealkylation sites (tertiary alicyclic amines) is 1. The van der Waals surface area contributed by atoms with E-state index in [1.807, 2.05) is 53.4 Å². The minimum atomic E-state index is 0.0931. The van der Waals surface area contributed by atoms with Crippen LogP contribution >= 0.6 is 0 Å². The Morgan fingerprint density at radius 2 is 1.84 bits per heavy atom. The minimum absolute atomic E-state index is 0.0931. The summed E-state index contributed by atoms with van der Waals surface area (Å²) in [6.07, 6.45) is 2.15. The Kier molecular flexibility index (Phi) is 5.59. The van der Waals surface area contributed by atoms with Crippen molar-refractivity contribution in [2.45, 2.75) is 26.4 Å². The Bertz CT molecular complexity index is 706. The number of ether oxygens (including phenoxy) is 2. The van der Waals surface area contributed by atoms with Gasteiger partial charge in [-0.2, -0.15) is 0 Å². The number of nitrogens with zero attached hydrogens (tertiary/aromatic N) is 1. The predicted molar refractivity (Wildman–Crippen MR) is 98.1 cm³/mol. The van der Waals surface area contributed by atoms with Crippen LogP contribution < -0.4 is 9.47 Å². The number of benzene rings is 2. The van der Waals surface area contributed by atoms with Crippen molar-refractivity contribution >= 4 is 5.91 Å². The van der Waals surface area contributed by atoms with Gasteiger partial charge in [0.2, 0.25) is 0 Å². The molecule has 4 heteroatoms. The average molecular weight is 339 g/mol. The van der Waals surface area contributed by atoms with Crippen molar-refractivity contribution in [2.75, 3.05) is 20.2 Å². The summed E-state index contributed by atoms with van der Waals surface area (Å²) in [7, 11) is 1.63. The van der Waals surface area contributed by atoms with E-state index in [0.717, 1.165) is 43.0 Å². The molecule has 4 nitrogen and oxygen atoms in total. The van der Waals surface area contributed by atoms with Gasteiger partial charge in [-0.25, -0.2) is 0 Å². The highest BCUT2D eigenvalue weighted by Gasteiger charge is 2.22. The van der Waals surface area contributed by atoms with Gasteiger partial charge in [-0.3, -0.25) is 4.79 Å². The summed E-state index contributed by atoms with van der Waals surface area (Å²) in [5.41, 5.74) is 1.57. The maximum absolute atomic E-state index is 12.8. The third-order valence-electron chi connectivity index (χ3n) is 4.74. The first-order valence-electron chi connectivity index (χ1n) is 8.81. The van der Waals surface area contributed by atoms with E-state index in [2.05, 4.69) is 6.92 Å². The number of carbonyl (C=O) groups excluding carboxylic acids is 1. The number of piperidine rings is 1. The van der Waals surface area contributed by atoms with Crippen molar-refractivity contribution in [1.82, 2.24) is 4.90 Å². The Balaban J connectivity index is 1.74. The molecule has 0 saturated carbocycles. The van der Waals surface area contributed by atoms with Gasteiger partial charge in [-0.05, 0) is 49.1 Å². The van der Waals surface area contributed by atoms with Gasteiger partial charge in [0.05, 0.1) is 7.11 Å². The van der Waals surface area contributed by atoms with Gasteiger partial charge in [0.15, 0.2) is 0 Å². The SMILES string of the molecule is COc1ccc(C(=O)N2CCC(C)CC2)cc1COc1ccccc1. The molecule has 132 valence electrons. The van der Waals surface area contributed by atoms with Crippen LogP contribution in [0.15, 0.2) is 48.5 Å². The predicted octanol–water partition coefficient (Wildman–Crippen LogP) is 4.15. The van der Waals surface area contributed by atoms with Crippen molar-refractivity contribution in [1.29, 1.82) is 0 Å². The van der Waals surface area contributed by atoms with E-state index < -0.39 is 0 Å². The number of hydrogen-bond donors (Lipinski definition) is 0. The molecular formula is C21H25NO3. The summed E-state index contributed by atoms with van der Waals surface area (Å²) in [6.45, 7) is 4.28. The van der Waals surface area contributed by atoms with Crippen LogP contribution in [0.25, 0.3) is 0 Å². The molecule has 0 spiro atoms. The summed E-state index contributed by atoms with van der Waals surface area (Å²) < 4.78 is 11.2. The lowest BCUT2D eigenvalue weighted by molar-refractivity contribution is 0.0697. The number of para-hydroxylation sites is 1. The van der Waals surface area contributed by atoms with Crippen LogP contribution in [-0.2, 0) is 6.61 Å². The maximum Gasteiger partial charge on any atom is 0.253 e. The number of amides is 1. The molecule has 0 unspecified atom stereocenters. The molecule has 0 atom stereocenters. The molecule has 1 heterocycles. The van der Waals surface area contributed by atoms with E-state index in [9.17, 15) is 4.79 Å². The Morgan fingerprint density at radius 3 is 2.52 bits per heavy atom. The molecule has 2 aromatic rings. The van der Waals surface area contributed by atoms with Gasteiger partial charge < -0.3 is 14.4 Å². The molecule has 0 bridgehead atoms. The van der Waals surface area contributed by atoms with Crippen LogP contribution in [0.5, 0.6) is 11.5 Å². The molecule has 1 fully saturated rings. The van der Waals surface area contributed by atoms with Crippen molar-refractivity contribution in [2.24, 2.45) is 5.92 Å². The number of methoxy groups -OCH3 is 1. The van der Waals surface area contributed by atoms with Crippen LogP contribution in [0.2, 0.25) is 0 Å². The lowest BCUT2D eigenvalue weighted by Gasteiger charge is -2.30. The number of carbonyl (C=O) groups is 1. The smallest absolute Gasteiger partial charge is 0.253 e. The zero-order valence-corrected chi connectivity index (χ0v) is 14.9. The fraction of sp³-hybridized carbons (Fsp3) is 0.381. The van der Waals surface area contributed by atoms with E-state index in [-0.39, 0.29) is 5.91 Å². The van der Waals surface area contributed by atoms with Crippen LogP contribution in [0.3, 0.4) is 0 Å². The van der Waals surface area contributed by atoms with Gasteiger partial charge in [0.25, 0.3) is 5.91 Å². The summed E-state index contributed by atoms with van der Waals surface area (Å²) in [4.78, 5) is 14.7. The normalized spacial score (nSPS) is 15.0. The molecule has 25 heavy (non-hydrogen) atoms. The first kappa shape index (κ1) is 17.3. The van der Waals surface area contributed by atoms with Gasteiger partial charge >= 0.3 is 0 Å². The summed E-state index contributed by atoms with van der Waals surface area (Å²) in [5, 5.41) is 0. The number of hydrogen-bond acceptors (Lipinski definition) is 3. The fourth-order valence-corrected chi connectivity index (χ4v) is 3.10. The van der Waals surface area contributed by atoms with E-state index in [4.69, 9.17) is 9.47 Å². The third kappa shape index (κ3) is 4.32. The second kappa shape index (κ2) is 8.06. The van der Waals surface area contributed by atoms with Crippen LogP contribution in [-0.4, -0.2) is 31.0 Å². The first-order valence-corrected chi connectivity index (χ1v) is 8.81. The Labute approximate surface area is 149 Å². The summed E-state index contributed by atoms with van der Waals surface area (Å²) in [6, 6.07) is 15.2. The monoisotopic (exact) mass is 339 g/mol. The van der Waals surface area contributed by atoms with Gasteiger partial charge in [0, 0.05) is 24.2 Å². The van der Waals surface area contributed by atoms with E-state index >= 15 is 0 Å². The Hall–Kier alpha value is -2.49. The van der Waals surface area contributed by atoms with E-state index in [1.165, 1.54) is 0 Å². The molecule has 1 aliphatic heterocycles. The number of rotatable bonds is 5. The van der Waals surface area contributed by atoms with Crippen LogP contribution in [0, 0.1) is 5.92 Å². The summed E-state index contributed by atoms with van der Waals surface area (Å²) in [5.74, 6) is 2.33. The maximum atomic E-state index is 12.8. The van der Waals surface area contributed by atoms with Gasteiger partial charge in [-0.15, -0.1) is 0 Å². The van der Waals surface area contributed by atoms with Gasteiger partial charge in [0.1, 0.15) is 18.1 Å². The molecular weight excluding hydrogens is 314 g/mol. The molecule has 3 rings (SSSR count).